The molecule has 1 aromatic rings. The Morgan fingerprint density at radius 1 is 1.40 bits per heavy atom. The molecule has 0 aliphatic carbocycles. The molecule has 1 saturated heterocycles. The minimum Gasteiger partial charge on any atom is -0.493 e. The standard InChI is InChI=1S/C12H15NO2/c1-10(14)13-7-11(8-13)9-15-12-5-3-2-4-6-12/h2-6,11H,7-9H2,1H3. The zero-order valence-electron chi connectivity index (χ0n) is 8.85. The highest BCUT2D eigenvalue weighted by Crippen LogP contribution is 2.17. The quantitative estimate of drug-likeness (QED) is 0.749. The lowest BCUT2D eigenvalue weighted by Crippen LogP contribution is -2.51. The summed E-state index contributed by atoms with van der Waals surface area (Å²) in [6.07, 6.45) is 0. The van der Waals surface area contributed by atoms with Gasteiger partial charge in [-0.05, 0) is 12.1 Å². The molecule has 1 fully saturated rings. The molecule has 1 heterocycles. The maximum absolute atomic E-state index is 10.9. The Bertz CT molecular complexity index is 331. The van der Waals surface area contributed by atoms with Crippen LogP contribution in [0.15, 0.2) is 30.3 Å². The number of hydrogen-bond donors (Lipinski definition) is 0. The van der Waals surface area contributed by atoms with Crippen LogP contribution in [0.1, 0.15) is 6.92 Å². The molecule has 1 aliphatic heterocycles. The third-order valence-corrected chi connectivity index (χ3v) is 2.63. The number of likely N-dealkylation sites (tertiary alicyclic amines) is 1. The molecule has 1 aromatic carbocycles. The molecule has 0 spiro atoms. The number of ether oxygens (including phenoxy) is 1. The van der Waals surface area contributed by atoms with Gasteiger partial charge in [0, 0.05) is 25.9 Å². The van der Waals surface area contributed by atoms with E-state index in [1.807, 2.05) is 35.2 Å². The molecule has 0 atom stereocenters. The van der Waals surface area contributed by atoms with Crippen LogP contribution < -0.4 is 4.74 Å². The number of amides is 1. The molecule has 0 saturated carbocycles. The van der Waals surface area contributed by atoms with Gasteiger partial charge in [-0.25, -0.2) is 0 Å². The van der Waals surface area contributed by atoms with Gasteiger partial charge in [0.05, 0.1) is 6.61 Å². The predicted octanol–water partition coefficient (Wildman–Crippen LogP) is 1.54. The third kappa shape index (κ3) is 2.49. The topological polar surface area (TPSA) is 29.5 Å². The fraction of sp³-hybridized carbons (Fsp3) is 0.417. The Morgan fingerprint density at radius 2 is 2.07 bits per heavy atom. The van der Waals surface area contributed by atoms with Crippen LogP contribution in [-0.4, -0.2) is 30.5 Å². The lowest BCUT2D eigenvalue weighted by molar-refractivity contribution is -0.135. The SMILES string of the molecule is CC(=O)N1CC(COc2ccccc2)C1. The first-order valence-electron chi connectivity index (χ1n) is 5.19. The number of benzene rings is 1. The van der Waals surface area contributed by atoms with Crippen LogP contribution in [0, 0.1) is 5.92 Å². The third-order valence-electron chi connectivity index (χ3n) is 2.63. The van der Waals surface area contributed by atoms with E-state index in [1.54, 1.807) is 6.92 Å². The van der Waals surface area contributed by atoms with E-state index >= 15 is 0 Å². The number of carbonyl (C=O) groups excluding carboxylic acids is 1. The fourth-order valence-corrected chi connectivity index (χ4v) is 1.66. The molecule has 1 amide bonds. The summed E-state index contributed by atoms with van der Waals surface area (Å²) >= 11 is 0. The Kier molecular flexibility index (Phi) is 2.90. The van der Waals surface area contributed by atoms with Crippen LogP contribution in [0.3, 0.4) is 0 Å². The van der Waals surface area contributed by atoms with Crippen molar-refractivity contribution in [1.29, 1.82) is 0 Å². The van der Waals surface area contributed by atoms with Crippen molar-refractivity contribution in [3.8, 4) is 5.75 Å². The van der Waals surface area contributed by atoms with Gasteiger partial charge < -0.3 is 9.64 Å². The first-order valence-corrected chi connectivity index (χ1v) is 5.19. The van der Waals surface area contributed by atoms with E-state index in [0.717, 1.165) is 18.8 Å². The maximum Gasteiger partial charge on any atom is 0.219 e. The first-order chi connectivity index (χ1) is 7.25. The van der Waals surface area contributed by atoms with Gasteiger partial charge in [-0.1, -0.05) is 18.2 Å². The summed E-state index contributed by atoms with van der Waals surface area (Å²) in [4.78, 5) is 12.8. The van der Waals surface area contributed by atoms with E-state index in [2.05, 4.69) is 0 Å². The van der Waals surface area contributed by atoms with Gasteiger partial charge >= 0.3 is 0 Å². The van der Waals surface area contributed by atoms with Crippen molar-refractivity contribution in [2.45, 2.75) is 6.92 Å². The van der Waals surface area contributed by atoms with Crippen LogP contribution in [-0.2, 0) is 4.79 Å². The second-order valence-corrected chi connectivity index (χ2v) is 3.91. The number of hydrogen-bond acceptors (Lipinski definition) is 2. The van der Waals surface area contributed by atoms with Crippen LogP contribution in [0.25, 0.3) is 0 Å². The molecule has 3 heteroatoms. The van der Waals surface area contributed by atoms with Gasteiger partial charge in [-0.3, -0.25) is 4.79 Å². The smallest absolute Gasteiger partial charge is 0.219 e. The van der Waals surface area contributed by atoms with Crippen LogP contribution >= 0.6 is 0 Å². The van der Waals surface area contributed by atoms with E-state index in [4.69, 9.17) is 4.74 Å². The molecule has 3 nitrogen and oxygen atoms in total. The number of rotatable bonds is 3. The highest BCUT2D eigenvalue weighted by atomic mass is 16.5. The van der Waals surface area contributed by atoms with Crippen molar-refractivity contribution in [2.24, 2.45) is 5.92 Å². The molecule has 0 N–H and O–H groups in total. The van der Waals surface area contributed by atoms with Crippen LogP contribution in [0.4, 0.5) is 0 Å². The molecule has 0 aromatic heterocycles. The fourth-order valence-electron chi connectivity index (χ4n) is 1.66. The average Bonchev–Trinajstić information content (AvgIpc) is 2.16. The molecule has 1 aliphatic rings. The second-order valence-electron chi connectivity index (χ2n) is 3.91. The summed E-state index contributed by atoms with van der Waals surface area (Å²) in [6, 6.07) is 9.77. The largest absolute Gasteiger partial charge is 0.493 e. The van der Waals surface area contributed by atoms with Crippen molar-refractivity contribution in [2.75, 3.05) is 19.7 Å². The summed E-state index contributed by atoms with van der Waals surface area (Å²) in [5.41, 5.74) is 0. The second kappa shape index (κ2) is 4.34. The molecule has 0 unspecified atom stereocenters. The molecular weight excluding hydrogens is 190 g/mol. The zero-order valence-corrected chi connectivity index (χ0v) is 8.85. The highest BCUT2D eigenvalue weighted by molar-refractivity contribution is 5.74. The average molecular weight is 205 g/mol. The van der Waals surface area contributed by atoms with Gasteiger partial charge in [-0.15, -0.1) is 0 Å². The van der Waals surface area contributed by atoms with E-state index in [0.29, 0.717) is 12.5 Å². The molecule has 2 rings (SSSR count). The van der Waals surface area contributed by atoms with E-state index < -0.39 is 0 Å². The van der Waals surface area contributed by atoms with Gasteiger partial charge in [0.15, 0.2) is 0 Å². The van der Waals surface area contributed by atoms with Crippen LogP contribution in [0.2, 0.25) is 0 Å². The molecule has 15 heavy (non-hydrogen) atoms. The highest BCUT2D eigenvalue weighted by Gasteiger charge is 2.28. The number of carbonyl (C=O) groups is 1. The minimum absolute atomic E-state index is 0.158. The number of nitrogens with zero attached hydrogens (tertiary/aromatic N) is 1. The first kappa shape index (κ1) is 10.0. The molecule has 80 valence electrons. The Labute approximate surface area is 89.7 Å². The van der Waals surface area contributed by atoms with Crippen molar-refractivity contribution >= 4 is 5.91 Å². The summed E-state index contributed by atoms with van der Waals surface area (Å²) in [6.45, 7) is 3.98. The van der Waals surface area contributed by atoms with Crippen LogP contribution in [0.5, 0.6) is 5.75 Å². The van der Waals surface area contributed by atoms with Crippen molar-refractivity contribution in [3.63, 3.8) is 0 Å². The van der Waals surface area contributed by atoms with Gasteiger partial charge in [0.1, 0.15) is 5.75 Å². The number of para-hydroxylation sites is 1. The summed E-state index contributed by atoms with van der Waals surface area (Å²) in [5.74, 6) is 1.55. The molecular formula is C12H15NO2. The van der Waals surface area contributed by atoms with E-state index in [9.17, 15) is 4.79 Å². The maximum atomic E-state index is 10.9. The van der Waals surface area contributed by atoms with Gasteiger partial charge in [-0.2, -0.15) is 0 Å². The van der Waals surface area contributed by atoms with E-state index in [1.165, 1.54) is 0 Å². The van der Waals surface area contributed by atoms with Crippen molar-refractivity contribution < 1.29 is 9.53 Å². The lowest BCUT2D eigenvalue weighted by atomic mass is 10.0. The van der Waals surface area contributed by atoms with E-state index in [-0.39, 0.29) is 5.91 Å². The Hall–Kier alpha value is -1.51. The minimum atomic E-state index is 0.158. The van der Waals surface area contributed by atoms with Gasteiger partial charge in [0.25, 0.3) is 0 Å². The van der Waals surface area contributed by atoms with Crippen molar-refractivity contribution in [3.05, 3.63) is 30.3 Å². The Balaban J connectivity index is 1.71. The van der Waals surface area contributed by atoms with Crippen molar-refractivity contribution in [1.82, 2.24) is 4.90 Å². The summed E-state index contributed by atoms with van der Waals surface area (Å²) in [7, 11) is 0. The Morgan fingerprint density at radius 3 is 2.67 bits per heavy atom. The molecule has 0 radical (unpaired) electrons. The summed E-state index contributed by atoms with van der Waals surface area (Å²) in [5, 5.41) is 0. The van der Waals surface area contributed by atoms with Gasteiger partial charge in [0.2, 0.25) is 5.91 Å². The monoisotopic (exact) mass is 205 g/mol. The zero-order chi connectivity index (χ0) is 10.7. The summed E-state index contributed by atoms with van der Waals surface area (Å²) < 4.78 is 5.60. The molecule has 0 bridgehead atoms. The normalized spacial score (nSPS) is 15.9. The predicted molar refractivity (Wildman–Crippen MR) is 57.7 cm³/mol. The lowest BCUT2D eigenvalue weighted by Gasteiger charge is -2.38.